The van der Waals surface area contributed by atoms with Gasteiger partial charge in [-0.2, -0.15) is 0 Å². The van der Waals surface area contributed by atoms with Crippen LogP contribution in [0, 0.1) is 23.7 Å². The zero-order chi connectivity index (χ0) is 16.0. The lowest BCUT2D eigenvalue weighted by Gasteiger charge is -2.23. The number of carbonyl (C=O) groups excluding carboxylic acids is 3. The standard InChI is InChI=1S/C18H24N2O3/c21-16(19-15-10-11-5-6-12(15)9-11)7-8-20-17(22)13-3-1-2-4-14(13)18(20)23/h1-2,11-15H,3-10H2,(H,19,21)/t11-,12-,13-,14+,15+/m1/s1. The average Bonchev–Trinajstić information content (AvgIpc) is 3.22. The van der Waals surface area contributed by atoms with Gasteiger partial charge in [-0.3, -0.25) is 19.3 Å². The number of nitrogens with zero attached hydrogens (tertiary/aromatic N) is 1. The van der Waals surface area contributed by atoms with Gasteiger partial charge in [0.15, 0.2) is 0 Å². The molecule has 1 heterocycles. The van der Waals surface area contributed by atoms with Crippen LogP contribution in [0.5, 0.6) is 0 Å². The van der Waals surface area contributed by atoms with Crippen LogP contribution in [-0.2, 0) is 14.4 Å². The van der Waals surface area contributed by atoms with Crippen LogP contribution in [0.1, 0.15) is 44.9 Å². The molecule has 0 unspecified atom stereocenters. The highest BCUT2D eigenvalue weighted by molar-refractivity contribution is 6.05. The van der Waals surface area contributed by atoms with E-state index in [9.17, 15) is 14.4 Å². The van der Waals surface area contributed by atoms with Crippen LogP contribution in [-0.4, -0.2) is 35.2 Å². The Hall–Kier alpha value is -1.65. The summed E-state index contributed by atoms with van der Waals surface area (Å²) in [4.78, 5) is 38.2. The number of carbonyl (C=O) groups is 3. The number of allylic oxidation sites excluding steroid dienone is 2. The number of hydrogen-bond acceptors (Lipinski definition) is 3. The summed E-state index contributed by atoms with van der Waals surface area (Å²) < 4.78 is 0. The molecule has 2 saturated carbocycles. The van der Waals surface area contributed by atoms with Gasteiger partial charge in [-0.25, -0.2) is 0 Å². The minimum Gasteiger partial charge on any atom is -0.353 e. The number of fused-ring (bicyclic) bond motifs is 3. The molecule has 3 fully saturated rings. The van der Waals surface area contributed by atoms with Crippen LogP contribution in [0.4, 0.5) is 0 Å². The fraction of sp³-hybridized carbons (Fsp3) is 0.722. The zero-order valence-electron chi connectivity index (χ0n) is 13.4. The Morgan fingerprint density at radius 3 is 2.35 bits per heavy atom. The first-order chi connectivity index (χ1) is 11.1. The molecule has 5 nitrogen and oxygen atoms in total. The molecule has 4 rings (SSSR count). The number of imide groups is 1. The molecule has 3 aliphatic carbocycles. The smallest absolute Gasteiger partial charge is 0.233 e. The van der Waals surface area contributed by atoms with E-state index in [1.54, 1.807) is 0 Å². The molecule has 1 saturated heterocycles. The topological polar surface area (TPSA) is 66.5 Å². The number of rotatable bonds is 4. The summed E-state index contributed by atoms with van der Waals surface area (Å²) in [6.07, 6.45) is 10.4. The summed E-state index contributed by atoms with van der Waals surface area (Å²) in [5.74, 6) is 0.864. The fourth-order valence-electron chi connectivity index (χ4n) is 5.00. The zero-order valence-corrected chi connectivity index (χ0v) is 13.4. The van der Waals surface area contributed by atoms with Crippen molar-refractivity contribution >= 4 is 17.7 Å². The highest BCUT2D eigenvalue weighted by atomic mass is 16.2. The maximum atomic E-state index is 12.4. The van der Waals surface area contributed by atoms with Gasteiger partial charge in [0.1, 0.15) is 0 Å². The van der Waals surface area contributed by atoms with Gasteiger partial charge < -0.3 is 5.32 Å². The van der Waals surface area contributed by atoms with Crippen LogP contribution in [0.3, 0.4) is 0 Å². The SMILES string of the molecule is O=C(CCN1C(=O)[C@H]2CC=CC[C@H]2C1=O)N[C@H]1C[C@@H]2CC[C@@H]1C2. The van der Waals surface area contributed by atoms with Crippen LogP contribution >= 0.6 is 0 Å². The number of nitrogens with one attached hydrogen (secondary N) is 1. The summed E-state index contributed by atoms with van der Waals surface area (Å²) >= 11 is 0. The van der Waals surface area contributed by atoms with Gasteiger partial charge in [0.05, 0.1) is 11.8 Å². The van der Waals surface area contributed by atoms with E-state index in [2.05, 4.69) is 5.32 Å². The molecular weight excluding hydrogens is 292 g/mol. The third kappa shape index (κ3) is 2.60. The Balaban J connectivity index is 1.30. The van der Waals surface area contributed by atoms with Crippen LogP contribution in [0.15, 0.2) is 12.2 Å². The van der Waals surface area contributed by atoms with Crippen molar-refractivity contribution in [2.75, 3.05) is 6.54 Å². The van der Waals surface area contributed by atoms with Crippen molar-refractivity contribution in [2.24, 2.45) is 23.7 Å². The first kappa shape index (κ1) is 14.9. The third-order valence-corrected chi connectivity index (χ3v) is 6.25. The van der Waals surface area contributed by atoms with Gasteiger partial charge in [-0.1, -0.05) is 18.6 Å². The lowest BCUT2D eigenvalue weighted by Crippen LogP contribution is -2.41. The van der Waals surface area contributed by atoms with Gasteiger partial charge >= 0.3 is 0 Å². The molecule has 2 bridgehead atoms. The molecule has 5 atom stereocenters. The molecule has 124 valence electrons. The molecule has 0 aromatic rings. The summed E-state index contributed by atoms with van der Waals surface area (Å²) in [6.45, 7) is 0.233. The molecule has 3 amide bonds. The van der Waals surface area contributed by atoms with Crippen molar-refractivity contribution in [3.8, 4) is 0 Å². The van der Waals surface area contributed by atoms with E-state index in [0.29, 0.717) is 24.8 Å². The Kier molecular flexibility index (Phi) is 3.74. The Morgan fingerprint density at radius 2 is 1.78 bits per heavy atom. The van der Waals surface area contributed by atoms with Crippen molar-refractivity contribution in [3.05, 3.63) is 12.2 Å². The molecule has 0 radical (unpaired) electrons. The molecule has 0 aromatic carbocycles. The Labute approximate surface area is 136 Å². The fourth-order valence-corrected chi connectivity index (χ4v) is 5.00. The first-order valence-electron chi connectivity index (χ1n) is 8.93. The van der Waals surface area contributed by atoms with Crippen molar-refractivity contribution in [3.63, 3.8) is 0 Å². The molecular formula is C18H24N2O3. The van der Waals surface area contributed by atoms with Gasteiger partial charge in [-0.15, -0.1) is 0 Å². The number of amides is 3. The van der Waals surface area contributed by atoms with E-state index in [-0.39, 0.29) is 42.5 Å². The van der Waals surface area contributed by atoms with Gasteiger partial charge in [0, 0.05) is 19.0 Å². The largest absolute Gasteiger partial charge is 0.353 e. The highest BCUT2D eigenvalue weighted by Crippen LogP contribution is 2.44. The van der Waals surface area contributed by atoms with Crippen LogP contribution in [0.25, 0.3) is 0 Å². The normalized spacial score (nSPS) is 38.3. The summed E-state index contributed by atoms with van der Waals surface area (Å²) in [6, 6.07) is 0.318. The summed E-state index contributed by atoms with van der Waals surface area (Å²) in [5, 5.41) is 3.13. The lowest BCUT2D eigenvalue weighted by atomic mass is 9.85. The van der Waals surface area contributed by atoms with E-state index >= 15 is 0 Å². The summed E-state index contributed by atoms with van der Waals surface area (Å²) in [5.41, 5.74) is 0. The lowest BCUT2D eigenvalue weighted by molar-refractivity contribution is -0.140. The first-order valence-corrected chi connectivity index (χ1v) is 8.93. The van der Waals surface area contributed by atoms with Crippen molar-refractivity contribution in [1.82, 2.24) is 10.2 Å². The molecule has 5 heteroatoms. The second-order valence-corrected chi connectivity index (χ2v) is 7.58. The van der Waals surface area contributed by atoms with Gasteiger partial charge in [0.2, 0.25) is 17.7 Å². The van der Waals surface area contributed by atoms with Crippen molar-refractivity contribution in [2.45, 2.75) is 51.0 Å². The molecule has 1 N–H and O–H groups in total. The van der Waals surface area contributed by atoms with E-state index in [4.69, 9.17) is 0 Å². The third-order valence-electron chi connectivity index (χ3n) is 6.25. The molecule has 4 aliphatic rings. The van der Waals surface area contributed by atoms with E-state index in [1.807, 2.05) is 12.2 Å². The van der Waals surface area contributed by atoms with E-state index in [1.165, 1.54) is 24.2 Å². The van der Waals surface area contributed by atoms with Gasteiger partial charge in [0.25, 0.3) is 0 Å². The molecule has 23 heavy (non-hydrogen) atoms. The average molecular weight is 316 g/mol. The number of hydrogen-bond donors (Lipinski definition) is 1. The monoisotopic (exact) mass is 316 g/mol. The summed E-state index contributed by atoms with van der Waals surface area (Å²) in [7, 11) is 0. The van der Waals surface area contributed by atoms with E-state index in [0.717, 1.165) is 12.3 Å². The molecule has 0 spiro atoms. The van der Waals surface area contributed by atoms with Crippen LogP contribution in [0.2, 0.25) is 0 Å². The van der Waals surface area contributed by atoms with Gasteiger partial charge in [-0.05, 0) is 43.9 Å². The minimum atomic E-state index is -0.193. The molecule has 1 aliphatic heterocycles. The maximum Gasteiger partial charge on any atom is 0.233 e. The predicted octanol–water partition coefficient (Wildman–Crippen LogP) is 1.63. The Morgan fingerprint density at radius 1 is 1.09 bits per heavy atom. The minimum absolute atomic E-state index is 0.0175. The number of likely N-dealkylation sites (tertiary alicyclic amines) is 1. The second kappa shape index (κ2) is 5.77. The second-order valence-electron chi connectivity index (χ2n) is 7.58. The highest BCUT2D eigenvalue weighted by Gasteiger charge is 2.47. The van der Waals surface area contributed by atoms with E-state index < -0.39 is 0 Å². The Bertz CT molecular complexity index is 545. The van der Waals surface area contributed by atoms with Crippen LogP contribution < -0.4 is 5.32 Å². The predicted molar refractivity (Wildman–Crippen MR) is 84.1 cm³/mol. The van der Waals surface area contributed by atoms with Crippen molar-refractivity contribution in [1.29, 1.82) is 0 Å². The van der Waals surface area contributed by atoms with Crippen molar-refractivity contribution < 1.29 is 14.4 Å². The quantitative estimate of drug-likeness (QED) is 0.633. The maximum absolute atomic E-state index is 12.4. The molecule has 0 aromatic heterocycles.